The molecule has 0 bridgehead atoms. The van der Waals surface area contributed by atoms with Crippen LogP contribution in [-0.4, -0.2) is 35.5 Å². The molecular formula is C6H16N2O2. The Labute approximate surface area is 60.8 Å². The van der Waals surface area contributed by atoms with Crippen LogP contribution >= 0.6 is 0 Å². The minimum atomic E-state index is -0.714. The summed E-state index contributed by atoms with van der Waals surface area (Å²) in [5.74, 6) is 0. The summed E-state index contributed by atoms with van der Waals surface area (Å²) in [6, 6.07) is 0. The maximum Gasteiger partial charge on any atom is 0.0811 e. The third-order valence-electron chi connectivity index (χ3n) is 1.37. The van der Waals surface area contributed by atoms with E-state index >= 15 is 0 Å². The van der Waals surface area contributed by atoms with E-state index < -0.39 is 12.2 Å². The molecule has 0 fully saturated rings. The largest absolute Gasteiger partial charge is 0.390 e. The molecule has 0 amide bonds. The Morgan fingerprint density at radius 1 is 0.900 bits per heavy atom. The molecule has 4 nitrogen and oxygen atoms in total. The van der Waals surface area contributed by atoms with Gasteiger partial charge in [0.1, 0.15) is 0 Å². The predicted molar refractivity (Wildman–Crippen MR) is 39.4 cm³/mol. The molecule has 0 aromatic heterocycles. The van der Waals surface area contributed by atoms with Gasteiger partial charge in [-0.2, -0.15) is 0 Å². The van der Waals surface area contributed by atoms with Crippen LogP contribution in [0.3, 0.4) is 0 Å². The van der Waals surface area contributed by atoms with Gasteiger partial charge < -0.3 is 21.7 Å². The Balaban J connectivity index is 3.38. The molecule has 0 rings (SSSR count). The average Bonchev–Trinajstić information content (AvgIpc) is 1.89. The summed E-state index contributed by atoms with van der Waals surface area (Å²) in [4.78, 5) is 0. The minimum Gasteiger partial charge on any atom is -0.390 e. The van der Waals surface area contributed by atoms with Crippen molar-refractivity contribution in [2.24, 2.45) is 11.5 Å². The lowest BCUT2D eigenvalue weighted by molar-refractivity contribution is 0.0129. The topological polar surface area (TPSA) is 92.5 Å². The van der Waals surface area contributed by atoms with E-state index in [0.717, 1.165) is 0 Å². The van der Waals surface area contributed by atoms with Gasteiger partial charge in [-0.1, -0.05) is 0 Å². The van der Waals surface area contributed by atoms with Crippen LogP contribution in [0.25, 0.3) is 0 Å². The van der Waals surface area contributed by atoms with E-state index in [-0.39, 0.29) is 0 Å². The van der Waals surface area contributed by atoms with Gasteiger partial charge in [-0.05, 0) is 25.9 Å². The quantitative estimate of drug-likeness (QED) is 0.378. The first kappa shape index (κ1) is 9.84. The molecule has 0 saturated carbocycles. The fraction of sp³-hybridized carbons (Fsp3) is 1.00. The van der Waals surface area contributed by atoms with Crippen molar-refractivity contribution in [2.75, 3.05) is 13.1 Å². The second-order valence-corrected chi connectivity index (χ2v) is 2.29. The zero-order chi connectivity index (χ0) is 7.98. The molecule has 6 N–H and O–H groups in total. The molecule has 10 heavy (non-hydrogen) atoms. The van der Waals surface area contributed by atoms with E-state index in [9.17, 15) is 0 Å². The van der Waals surface area contributed by atoms with Gasteiger partial charge in [0.2, 0.25) is 0 Å². The van der Waals surface area contributed by atoms with Crippen LogP contribution in [0.2, 0.25) is 0 Å². The molecule has 62 valence electrons. The first-order valence-corrected chi connectivity index (χ1v) is 3.48. The molecule has 0 saturated heterocycles. The Hall–Kier alpha value is -0.160. The third-order valence-corrected chi connectivity index (χ3v) is 1.37. The number of hydrogen-bond donors (Lipinski definition) is 4. The van der Waals surface area contributed by atoms with Crippen LogP contribution in [0.4, 0.5) is 0 Å². The van der Waals surface area contributed by atoms with E-state index in [0.29, 0.717) is 25.9 Å². The molecule has 0 aromatic rings. The molecule has 0 aliphatic rings. The Bertz CT molecular complexity index is 70.1. The fourth-order valence-corrected chi connectivity index (χ4v) is 0.726. The predicted octanol–water partition coefficient (Wildman–Crippen LogP) is -1.59. The van der Waals surface area contributed by atoms with Crippen LogP contribution < -0.4 is 11.5 Å². The van der Waals surface area contributed by atoms with Gasteiger partial charge >= 0.3 is 0 Å². The average molecular weight is 148 g/mol. The van der Waals surface area contributed by atoms with Crippen LogP contribution in [0.15, 0.2) is 0 Å². The summed E-state index contributed by atoms with van der Waals surface area (Å²) >= 11 is 0. The van der Waals surface area contributed by atoms with E-state index in [4.69, 9.17) is 21.7 Å². The van der Waals surface area contributed by atoms with Crippen molar-refractivity contribution in [3.63, 3.8) is 0 Å². The molecule has 0 radical (unpaired) electrons. The van der Waals surface area contributed by atoms with E-state index in [1.54, 1.807) is 0 Å². The van der Waals surface area contributed by atoms with Crippen LogP contribution in [0.5, 0.6) is 0 Å². The van der Waals surface area contributed by atoms with Crippen LogP contribution in [0.1, 0.15) is 12.8 Å². The third kappa shape index (κ3) is 3.79. The molecule has 0 aliphatic carbocycles. The number of aliphatic hydroxyl groups is 2. The van der Waals surface area contributed by atoms with E-state index in [1.165, 1.54) is 0 Å². The van der Waals surface area contributed by atoms with Gasteiger partial charge in [0.15, 0.2) is 0 Å². The van der Waals surface area contributed by atoms with Crippen molar-refractivity contribution >= 4 is 0 Å². The van der Waals surface area contributed by atoms with Gasteiger partial charge in [-0.15, -0.1) is 0 Å². The van der Waals surface area contributed by atoms with Crippen molar-refractivity contribution in [2.45, 2.75) is 25.0 Å². The van der Waals surface area contributed by atoms with Crippen LogP contribution in [-0.2, 0) is 0 Å². The summed E-state index contributed by atoms with van der Waals surface area (Å²) in [5, 5.41) is 18.1. The maximum absolute atomic E-state index is 9.06. The standard InChI is InChI=1S/C6H16N2O2/c7-3-1-5(9)6(10)2-4-8/h5-6,9-10H,1-4,7-8H2/t5-,6-/m1/s1. The zero-order valence-electron chi connectivity index (χ0n) is 6.03. The SMILES string of the molecule is NCC[C@@H](O)[C@H](O)CCN. The Morgan fingerprint density at radius 3 is 1.40 bits per heavy atom. The number of hydrogen-bond acceptors (Lipinski definition) is 4. The van der Waals surface area contributed by atoms with Crippen molar-refractivity contribution in [1.82, 2.24) is 0 Å². The summed E-state index contributed by atoms with van der Waals surface area (Å²) in [5.41, 5.74) is 10.3. The minimum absolute atomic E-state index is 0.392. The summed E-state index contributed by atoms with van der Waals surface area (Å²) < 4.78 is 0. The molecule has 0 unspecified atom stereocenters. The van der Waals surface area contributed by atoms with Crippen molar-refractivity contribution in [3.05, 3.63) is 0 Å². The fourth-order valence-electron chi connectivity index (χ4n) is 0.726. The molecule has 2 atom stereocenters. The first-order chi connectivity index (χ1) is 4.72. The van der Waals surface area contributed by atoms with Gasteiger partial charge in [0.05, 0.1) is 12.2 Å². The smallest absolute Gasteiger partial charge is 0.0811 e. The molecule has 4 heteroatoms. The van der Waals surface area contributed by atoms with Crippen LogP contribution in [0, 0.1) is 0 Å². The molecule has 0 heterocycles. The highest BCUT2D eigenvalue weighted by Crippen LogP contribution is 2.00. The highest BCUT2D eigenvalue weighted by molar-refractivity contribution is 4.67. The zero-order valence-corrected chi connectivity index (χ0v) is 6.03. The first-order valence-electron chi connectivity index (χ1n) is 3.48. The highest BCUT2D eigenvalue weighted by Gasteiger charge is 2.13. The van der Waals surface area contributed by atoms with Crippen molar-refractivity contribution in [3.8, 4) is 0 Å². The van der Waals surface area contributed by atoms with E-state index in [1.807, 2.05) is 0 Å². The van der Waals surface area contributed by atoms with Gasteiger partial charge in [0.25, 0.3) is 0 Å². The summed E-state index contributed by atoms with van der Waals surface area (Å²) in [6.07, 6.45) is -0.565. The Kier molecular flexibility index (Phi) is 5.52. The van der Waals surface area contributed by atoms with Crippen molar-refractivity contribution in [1.29, 1.82) is 0 Å². The lowest BCUT2D eigenvalue weighted by Gasteiger charge is -2.15. The molecule has 0 aliphatic heterocycles. The monoisotopic (exact) mass is 148 g/mol. The number of nitrogens with two attached hydrogens (primary N) is 2. The van der Waals surface area contributed by atoms with Gasteiger partial charge in [0, 0.05) is 0 Å². The highest BCUT2D eigenvalue weighted by atomic mass is 16.3. The lowest BCUT2D eigenvalue weighted by atomic mass is 10.1. The summed E-state index contributed by atoms with van der Waals surface area (Å²) in [6.45, 7) is 0.783. The second kappa shape index (κ2) is 5.61. The molecule has 0 aromatic carbocycles. The van der Waals surface area contributed by atoms with Crippen molar-refractivity contribution < 1.29 is 10.2 Å². The van der Waals surface area contributed by atoms with Gasteiger partial charge in [-0.3, -0.25) is 0 Å². The maximum atomic E-state index is 9.06. The van der Waals surface area contributed by atoms with E-state index in [2.05, 4.69) is 0 Å². The summed E-state index contributed by atoms with van der Waals surface area (Å²) in [7, 11) is 0. The molecule has 0 spiro atoms. The number of aliphatic hydroxyl groups excluding tert-OH is 2. The molecular weight excluding hydrogens is 132 g/mol. The van der Waals surface area contributed by atoms with Gasteiger partial charge in [-0.25, -0.2) is 0 Å². The Morgan fingerprint density at radius 2 is 1.20 bits per heavy atom. The lowest BCUT2D eigenvalue weighted by Crippen LogP contribution is -2.30. The normalized spacial score (nSPS) is 16.8. The number of rotatable bonds is 5. The second-order valence-electron chi connectivity index (χ2n) is 2.29.